The second-order valence-corrected chi connectivity index (χ2v) is 7.96. The van der Waals surface area contributed by atoms with Crippen LogP contribution in [0.15, 0.2) is 89.9 Å². The molecular weight excluding hydrogens is 391 g/mol. The minimum Gasteiger partial charge on any atom is -0.322 e. The first kappa shape index (κ1) is 20.3. The van der Waals surface area contributed by atoms with E-state index in [1.165, 1.54) is 36.4 Å². The zero-order valence-electron chi connectivity index (χ0n) is 15.6. The maximum Gasteiger partial charge on any atom is 0.262 e. The van der Waals surface area contributed by atoms with Crippen LogP contribution in [0.25, 0.3) is 10.8 Å². The lowest BCUT2D eigenvalue weighted by Crippen LogP contribution is -2.15. The van der Waals surface area contributed by atoms with Crippen molar-refractivity contribution in [2.75, 3.05) is 10.0 Å². The van der Waals surface area contributed by atoms with Crippen molar-refractivity contribution < 1.29 is 17.6 Å². The summed E-state index contributed by atoms with van der Waals surface area (Å²) in [5.41, 5.74) is 1.21. The number of benzene rings is 3. The Kier molecular flexibility index (Phi) is 5.79. The van der Waals surface area contributed by atoms with Crippen molar-refractivity contribution in [2.24, 2.45) is 0 Å². The van der Waals surface area contributed by atoms with E-state index in [1.807, 2.05) is 0 Å². The van der Waals surface area contributed by atoms with Gasteiger partial charge in [0, 0.05) is 27.7 Å². The molecule has 1 amide bonds. The van der Waals surface area contributed by atoms with Gasteiger partial charge in [-0.2, -0.15) is 0 Å². The van der Waals surface area contributed by atoms with Gasteiger partial charge in [-0.05, 0) is 43.3 Å². The highest BCUT2D eigenvalue weighted by atomic mass is 32.2. The van der Waals surface area contributed by atoms with E-state index in [0.29, 0.717) is 22.0 Å². The first-order valence-electron chi connectivity index (χ1n) is 8.72. The molecule has 148 valence electrons. The SMILES string of the molecule is C=C/C=C(\C)C(=O)Nc1ccc(S(=O)(=O)Nc2ccc(F)cc2)c2ccccc12. The third kappa shape index (κ3) is 4.52. The predicted molar refractivity (Wildman–Crippen MR) is 114 cm³/mol. The van der Waals surface area contributed by atoms with Crippen molar-refractivity contribution in [2.45, 2.75) is 11.8 Å². The van der Waals surface area contributed by atoms with Gasteiger partial charge in [0.25, 0.3) is 15.9 Å². The highest BCUT2D eigenvalue weighted by Crippen LogP contribution is 2.31. The standard InChI is InChI=1S/C22H19FN2O3S/c1-3-6-15(2)22(26)24-20-13-14-21(19-8-5-4-7-18(19)20)29(27,28)25-17-11-9-16(23)10-12-17/h3-14,25H,1H2,2H3,(H,24,26)/b15-6+. The number of sulfonamides is 1. The maximum absolute atomic E-state index is 13.1. The number of hydrogen-bond donors (Lipinski definition) is 2. The van der Waals surface area contributed by atoms with Gasteiger partial charge in [-0.25, -0.2) is 12.8 Å². The summed E-state index contributed by atoms with van der Waals surface area (Å²) in [4.78, 5) is 12.4. The average Bonchev–Trinajstić information content (AvgIpc) is 2.69. The third-order valence-corrected chi connectivity index (χ3v) is 5.68. The summed E-state index contributed by atoms with van der Waals surface area (Å²) < 4.78 is 41.4. The van der Waals surface area contributed by atoms with Gasteiger partial charge < -0.3 is 5.32 Å². The number of anilines is 2. The summed E-state index contributed by atoms with van der Waals surface area (Å²) in [6.45, 7) is 5.22. The Morgan fingerprint density at radius 2 is 1.66 bits per heavy atom. The lowest BCUT2D eigenvalue weighted by atomic mass is 10.1. The van der Waals surface area contributed by atoms with Crippen molar-refractivity contribution in [1.29, 1.82) is 0 Å². The Bertz CT molecular complexity index is 1220. The molecule has 0 aliphatic heterocycles. The molecule has 2 N–H and O–H groups in total. The Labute approximate surface area is 168 Å². The van der Waals surface area contributed by atoms with E-state index in [1.54, 1.807) is 43.3 Å². The second-order valence-electron chi connectivity index (χ2n) is 6.31. The van der Waals surface area contributed by atoms with E-state index >= 15 is 0 Å². The third-order valence-electron chi connectivity index (χ3n) is 4.24. The van der Waals surface area contributed by atoms with Gasteiger partial charge >= 0.3 is 0 Å². The number of carbonyl (C=O) groups is 1. The van der Waals surface area contributed by atoms with E-state index in [0.717, 1.165) is 0 Å². The molecule has 7 heteroatoms. The van der Waals surface area contributed by atoms with Gasteiger partial charge in [-0.1, -0.05) is 43.0 Å². The van der Waals surface area contributed by atoms with Crippen molar-refractivity contribution in [3.63, 3.8) is 0 Å². The largest absolute Gasteiger partial charge is 0.322 e. The number of fused-ring (bicyclic) bond motifs is 1. The quantitative estimate of drug-likeness (QED) is 0.451. The lowest BCUT2D eigenvalue weighted by Gasteiger charge is -2.14. The number of halogens is 1. The number of nitrogens with one attached hydrogen (secondary N) is 2. The van der Waals surface area contributed by atoms with Crippen molar-refractivity contribution in [3.05, 3.63) is 90.8 Å². The molecule has 0 saturated carbocycles. The molecule has 0 atom stereocenters. The molecule has 0 heterocycles. The summed E-state index contributed by atoms with van der Waals surface area (Å²) in [5, 5.41) is 3.82. The molecule has 0 radical (unpaired) electrons. The molecule has 29 heavy (non-hydrogen) atoms. The molecule has 3 aromatic carbocycles. The van der Waals surface area contributed by atoms with Crippen LogP contribution in [0.4, 0.5) is 15.8 Å². The monoisotopic (exact) mass is 410 g/mol. The normalized spacial score (nSPS) is 11.9. The predicted octanol–water partition coefficient (Wildman–Crippen LogP) is 4.85. The van der Waals surface area contributed by atoms with Crippen LogP contribution >= 0.6 is 0 Å². The van der Waals surface area contributed by atoms with E-state index in [-0.39, 0.29) is 16.5 Å². The molecule has 3 aromatic rings. The summed E-state index contributed by atoms with van der Waals surface area (Å²) >= 11 is 0. The zero-order chi connectivity index (χ0) is 21.0. The van der Waals surface area contributed by atoms with Gasteiger partial charge in [0.05, 0.1) is 4.90 Å². The Morgan fingerprint density at radius 1 is 1.00 bits per heavy atom. The highest BCUT2D eigenvalue weighted by molar-refractivity contribution is 7.93. The van der Waals surface area contributed by atoms with E-state index in [2.05, 4.69) is 16.6 Å². The Balaban J connectivity index is 2.02. The topological polar surface area (TPSA) is 75.3 Å². The Morgan fingerprint density at radius 3 is 2.31 bits per heavy atom. The number of amides is 1. The maximum atomic E-state index is 13.1. The van der Waals surface area contributed by atoms with E-state index < -0.39 is 15.8 Å². The van der Waals surface area contributed by atoms with Crippen LogP contribution in [0.1, 0.15) is 6.92 Å². The molecule has 5 nitrogen and oxygen atoms in total. The number of carbonyl (C=O) groups excluding carboxylic acids is 1. The summed E-state index contributed by atoms with van der Waals surface area (Å²) in [7, 11) is -3.93. The van der Waals surface area contributed by atoms with Gasteiger partial charge in [-0.3, -0.25) is 9.52 Å². The molecule has 0 fully saturated rings. The second kappa shape index (κ2) is 8.28. The van der Waals surface area contributed by atoms with Gasteiger partial charge in [0.2, 0.25) is 0 Å². The lowest BCUT2D eigenvalue weighted by molar-refractivity contribution is -0.112. The van der Waals surface area contributed by atoms with Crippen LogP contribution in [0.3, 0.4) is 0 Å². The van der Waals surface area contributed by atoms with Crippen LogP contribution in [-0.4, -0.2) is 14.3 Å². The summed E-state index contributed by atoms with van der Waals surface area (Å²) in [6.07, 6.45) is 3.10. The fraction of sp³-hybridized carbons (Fsp3) is 0.0455. The first-order valence-corrected chi connectivity index (χ1v) is 10.2. The van der Waals surface area contributed by atoms with Crippen LogP contribution in [0.5, 0.6) is 0 Å². The highest BCUT2D eigenvalue weighted by Gasteiger charge is 2.19. The molecule has 0 aliphatic carbocycles. The van der Waals surface area contributed by atoms with Crippen LogP contribution in [-0.2, 0) is 14.8 Å². The average molecular weight is 410 g/mol. The molecule has 0 saturated heterocycles. The van der Waals surface area contributed by atoms with Crippen molar-refractivity contribution in [1.82, 2.24) is 0 Å². The minimum absolute atomic E-state index is 0.0498. The number of allylic oxidation sites excluding steroid dienone is 2. The van der Waals surface area contributed by atoms with Gasteiger partial charge in [0.1, 0.15) is 5.82 Å². The van der Waals surface area contributed by atoms with Crippen molar-refractivity contribution in [3.8, 4) is 0 Å². The fourth-order valence-electron chi connectivity index (χ4n) is 2.82. The van der Waals surface area contributed by atoms with E-state index in [4.69, 9.17) is 0 Å². The van der Waals surface area contributed by atoms with Crippen molar-refractivity contribution >= 4 is 38.1 Å². The summed E-state index contributed by atoms with van der Waals surface area (Å²) in [6, 6.07) is 14.9. The van der Waals surface area contributed by atoms with Gasteiger partial charge in [0.15, 0.2) is 0 Å². The molecule has 0 aromatic heterocycles. The zero-order valence-corrected chi connectivity index (χ0v) is 16.5. The van der Waals surface area contributed by atoms with Gasteiger partial charge in [-0.15, -0.1) is 0 Å². The van der Waals surface area contributed by atoms with Crippen LogP contribution < -0.4 is 10.0 Å². The van der Waals surface area contributed by atoms with E-state index in [9.17, 15) is 17.6 Å². The first-order chi connectivity index (χ1) is 13.8. The number of hydrogen-bond acceptors (Lipinski definition) is 3. The smallest absolute Gasteiger partial charge is 0.262 e. The summed E-state index contributed by atoms with van der Waals surface area (Å²) in [5.74, 6) is -0.769. The molecular formula is C22H19FN2O3S. The van der Waals surface area contributed by atoms with Crippen LogP contribution in [0.2, 0.25) is 0 Å². The minimum atomic E-state index is -3.93. The molecule has 0 aliphatic rings. The molecule has 0 bridgehead atoms. The molecule has 0 spiro atoms. The fourth-order valence-corrected chi connectivity index (χ4v) is 4.09. The molecule has 0 unspecified atom stereocenters. The number of rotatable bonds is 6. The van der Waals surface area contributed by atoms with Crippen LogP contribution in [0, 0.1) is 5.82 Å². The Hall–Kier alpha value is -3.45. The molecule has 3 rings (SSSR count).